The van der Waals surface area contributed by atoms with Crippen LogP contribution in [0.4, 0.5) is 0 Å². The van der Waals surface area contributed by atoms with Gasteiger partial charge in [0.1, 0.15) is 5.01 Å². The van der Waals surface area contributed by atoms with E-state index in [2.05, 4.69) is 32.1 Å². The van der Waals surface area contributed by atoms with Crippen molar-refractivity contribution in [2.75, 3.05) is 26.3 Å². The van der Waals surface area contributed by atoms with Crippen LogP contribution in [-0.4, -0.2) is 47.4 Å². The molecule has 0 spiro atoms. The van der Waals surface area contributed by atoms with Gasteiger partial charge in [-0.3, -0.25) is 4.90 Å². The third-order valence-electron chi connectivity index (χ3n) is 3.13. The van der Waals surface area contributed by atoms with Crippen LogP contribution in [0.25, 0.3) is 10.6 Å². The average molecular weight is 296 g/mol. The second-order valence-electron chi connectivity index (χ2n) is 4.57. The molecular weight excluding hydrogens is 280 g/mol. The third kappa shape index (κ3) is 3.21. The summed E-state index contributed by atoms with van der Waals surface area (Å²) in [6.45, 7) is 3.30. The molecule has 0 bridgehead atoms. The van der Waals surface area contributed by atoms with Crippen LogP contribution in [0.2, 0.25) is 0 Å². The van der Waals surface area contributed by atoms with Gasteiger partial charge < -0.3 is 9.84 Å². The van der Waals surface area contributed by atoms with E-state index >= 15 is 0 Å². The van der Waals surface area contributed by atoms with Gasteiger partial charge in [-0.25, -0.2) is 4.98 Å². The molecule has 2 aromatic rings. The smallest absolute Gasteiger partial charge is 0.124 e. The maximum atomic E-state index is 9.14. The molecule has 19 heavy (non-hydrogen) atoms. The lowest BCUT2D eigenvalue weighted by atomic mass is 10.2. The van der Waals surface area contributed by atoms with Crippen molar-refractivity contribution in [2.24, 2.45) is 0 Å². The van der Waals surface area contributed by atoms with Crippen molar-refractivity contribution < 1.29 is 9.84 Å². The molecule has 1 unspecified atom stereocenters. The van der Waals surface area contributed by atoms with E-state index in [1.165, 1.54) is 5.56 Å². The quantitative estimate of drug-likeness (QED) is 0.938. The van der Waals surface area contributed by atoms with Crippen molar-refractivity contribution in [3.05, 3.63) is 27.9 Å². The van der Waals surface area contributed by atoms with Crippen LogP contribution in [0.15, 0.2) is 22.2 Å². The van der Waals surface area contributed by atoms with Crippen molar-refractivity contribution in [3.63, 3.8) is 0 Å². The fourth-order valence-electron chi connectivity index (χ4n) is 2.16. The maximum Gasteiger partial charge on any atom is 0.124 e. The lowest BCUT2D eigenvalue weighted by Crippen LogP contribution is -2.43. The number of hydrogen-bond acceptors (Lipinski definition) is 6. The van der Waals surface area contributed by atoms with Crippen molar-refractivity contribution in [1.29, 1.82) is 0 Å². The summed E-state index contributed by atoms with van der Waals surface area (Å²) in [6, 6.07) is 2.10. The molecule has 0 radical (unpaired) electrons. The number of hydrogen-bond donors (Lipinski definition) is 1. The fourth-order valence-corrected chi connectivity index (χ4v) is 3.68. The van der Waals surface area contributed by atoms with E-state index in [0.29, 0.717) is 6.61 Å². The van der Waals surface area contributed by atoms with Gasteiger partial charge in [-0.05, 0) is 11.4 Å². The van der Waals surface area contributed by atoms with Crippen LogP contribution >= 0.6 is 22.7 Å². The molecule has 0 amide bonds. The van der Waals surface area contributed by atoms with Crippen molar-refractivity contribution in [1.82, 2.24) is 9.88 Å². The normalized spacial score (nSPS) is 20.8. The Bertz CT molecular complexity index is 512. The molecule has 1 saturated heterocycles. The van der Waals surface area contributed by atoms with Gasteiger partial charge >= 0.3 is 0 Å². The first kappa shape index (κ1) is 13.2. The molecule has 4 nitrogen and oxygen atoms in total. The standard InChI is InChI=1S/C13H16N2O2S2/c16-7-12-6-15(2-3-17-12)5-11-9-19-13(14-11)10-1-4-18-8-10/h1,4,8-9,12,16H,2-3,5-7H2. The average Bonchev–Trinajstić information content (AvgIpc) is 3.09. The predicted molar refractivity (Wildman–Crippen MR) is 77.5 cm³/mol. The molecule has 1 aliphatic rings. The highest BCUT2D eigenvalue weighted by molar-refractivity contribution is 7.14. The van der Waals surface area contributed by atoms with E-state index in [-0.39, 0.29) is 12.7 Å². The summed E-state index contributed by atoms with van der Waals surface area (Å²) in [5.41, 5.74) is 2.31. The molecule has 102 valence electrons. The van der Waals surface area contributed by atoms with Crippen molar-refractivity contribution in [3.8, 4) is 10.6 Å². The van der Waals surface area contributed by atoms with Crippen LogP contribution in [0.5, 0.6) is 0 Å². The number of aliphatic hydroxyl groups is 1. The van der Waals surface area contributed by atoms with Gasteiger partial charge in [-0.1, -0.05) is 0 Å². The summed E-state index contributed by atoms with van der Waals surface area (Å²) in [5, 5.41) is 16.5. The van der Waals surface area contributed by atoms with E-state index in [1.54, 1.807) is 22.7 Å². The highest BCUT2D eigenvalue weighted by atomic mass is 32.1. The lowest BCUT2D eigenvalue weighted by molar-refractivity contribution is -0.0553. The molecule has 0 saturated carbocycles. The zero-order chi connectivity index (χ0) is 13.1. The molecule has 1 atom stereocenters. The Labute approximate surface area is 120 Å². The second kappa shape index (κ2) is 6.11. The van der Waals surface area contributed by atoms with Crippen LogP contribution in [0.1, 0.15) is 5.69 Å². The summed E-state index contributed by atoms with van der Waals surface area (Å²) in [5.74, 6) is 0. The van der Waals surface area contributed by atoms with Gasteiger partial charge in [0.2, 0.25) is 0 Å². The molecular formula is C13H16N2O2S2. The Morgan fingerprint density at radius 1 is 1.47 bits per heavy atom. The van der Waals surface area contributed by atoms with Gasteiger partial charge in [0.15, 0.2) is 0 Å². The van der Waals surface area contributed by atoms with Crippen LogP contribution in [-0.2, 0) is 11.3 Å². The van der Waals surface area contributed by atoms with Crippen LogP contribution in [0.3, 0.4) is 0 Å². The first-order chi connectivity index (χ1) is 9.35. The number of ether oxygens (including phenoxy) is 1. The molecule has 6 heteroatoms. The molecule has 1 aliphatic heterocycles. The topological polar surface area (TPSA) is 45.6 Å². The largest absolute Gasteiger partial charge is 0.394 e. The Kier molecular flexibility index (Phi) is 4.24. The lowest BCUT2D eigenvalue weighted by Gasteiger charge is -2.31. The maximum absolute atomic E-state index is 9.14. The predicted octanol–water partition coefficient (Wildman–Crippen LogP) is 2.06. The number of thiophene rings is 1. The first-order valence-electron chi connectivity index (χ1n) is 6.27. The molecule has 0 aromatic carbocycles. The van der Waals surface area contributed by atoms with Gasteiger partial charge in [0.05, 0.1) is 25.0 Å². The minimum absolute atomic E-state index is 0.0521. The molecule has 3 rings (SSSR count). The summed E-state index contributed by atoms with van der Waals surface area (Å²) < 4.78 is 5.45. The van der Waals surface area contributed by atoms with E-state index < -0.39 is 0 Å². The van der Waals surface area contributed by atoms with Gasteiger partial charge in [0, 0.05) is 36.0 Å². The van der Waals surface area contributed by atoms with Crippen molar-refractivity contribution in [2.45, 2.75) is 12.6 Å². The van der Waals surface area contributed by atoms with Gasteiger partial charge in [-0.2, -0.15) is 11.3 Å². The molecule has 2 aromatic heterocycles. The Morgan fingerprint density at radius 2 is 2.42 bits per heavy atom. The third-order valence-corrected chi connectivity index (χ3v) is 4.76. The monoisotopic (exact) mass is 296 g/mol. The number of aliphatic hydroxyl groups excluding tert-OH is 1. The first-order valence-corrected chi connectivity index (χ1v) is 8.09. The van der Waals surface area contributed by atoms with E-state index in [0.717, 1.165) is 30.3 Å². The number of nitrogens with zero attached hydrogens (tertiary/aromatic N) is 2. The SMILES string of the molecule is OCC1CN(Cc2csc(-c3ccsc3)n2)CCO1. The zero-order valence-electron chi connectivity index (χ0n) is 10.5. The highest BCUT2D eigenvalue weighted by Crippen LogP contribution is 2.26. The Morgan fingerprint density at radius 3 is 3.21 bits per heavy atom. The minimum atomic E-state index is -0.0521. The Balaban J connectivity index is 1.64. The summed E-state index contributed by atoms with van der Waals surface area (Å²) in [6.07, 6.45) is -0.0521. The van der Waals surface area contributed by atoms with Crippen molar-refractivity contribution >= 4 is 22.7 Å². The van der Waals surface area contributed by atoms with Crippen LogP contribution < -0.4 is 0 Å². The van der Waals surface area contributed by atoms with Gasteiger partial charge in [-0.15, -0.1) is 11.3 Å². The number of aromatic nitrogens is 1. The molecule has 1 fully saturated rings. The second-order valence-corrected chi connectivity index (χ2v) is 6.20. The number of thiazole rings is 1. The number of rotatable bonds is 4. The summed E-state index contributed by atoms with van der Waals surface area (Å²) >= 11 is 3.39. The van der Waals surface area contributed by atoms with Gasteiger partial charge in [0.25, 0.3) is 0 Å². The molecule has 1 N–H and O–H groups in total. The summed E-state index contributed by atoms with van der Waals surface area (Å²) in [4.78, 5) is 6.97. The highest BCUT2D eigenvalue weighted by Gasteiger charge is 2.20. The number of morpholine rings is 1. The zero-order valence-corrected chi connectivity index (χ0v) is 12.1. The molecule has 3 heterocycles. The molecule has 0 aliphatic carbocycles. The van der Waals surface area contributed by atoms with E-state index in [4.69, 9.17) is 9.84 Å². The fraction of sp³-hybridized carbons (Fsp3) is 0.462. The van der Waals surface area contributed by atoms with E-state index in [9.17, 15) is 0 Å². The minimum Gasteiger partial charge on any atom is -0.394 e. The van der Waals surface area contributed by atoms with Crippen LogP contribution in [0, 0.1) is 0 Å². The Hall–Kier alpha value is -0.790. The summed E-state index contributed by atoms with van der Waals surface area (Å²) in [7, 11) is 0. The van der Waals surface area contributed by atoms with E-state index in [1.807, 2.05) is 0 Å².